The minimum Gasteiger partial charge on any atom is -0.483 e. The monoisotopic (exact) mass is 387 g/mol. The van der Waals surface area contributed by atoms with Crippen LogP contribution in [0.25, 0.3) is 0 Å². The van der Waals surface area contributed by atoms with Gasteiger partial charge in [0, 0.05) is 5.92 Å². The number of carbonyl (C=O) groups is 3. The summed E-state index contributed by atoms with van der Waals surface area (Å²) in [6.45, 7) is 2.06. The number of carboxylic acid groups (broad SMARTS) is 1. The van der Waals surface area contributed by atoms with E-state index in [1.165, 1.54) is 19.3 Å². The number of nitrogens with one attached hydrogen (secondary N) is 2. The lowest BCUT2D eigenvalue weighted by atomic mass is 10.0. The molecule has 5 atom stereocenters. The van der Waals surface area contributed by atoms with Crippen LogP contribution in [-0.4, -0.2) is 48.9 Å². The lowest BCUT2D eigenvalue weighted by Gasteiger charge is -2.16. The first-order valence-corrected chi connectivity index (χ1v) is 9.79. The summed E-state index contributed by atoms with van der Waals surface area (Å²) in [6, 6.07) is 5.76. The van der Waals surface area contributed by atoms with Gasteiger partial charge in [-0.25, -0.2) is 0 Å². The topological polar surface area (TPSA) is 98.7 Å². The number of anilines is 2. The van der Waals surface area contributed by atoms with Crippen LogP contribution in [0, 0.1) is 36.5 Å². The summed E-state index contributed by atoms with van der Waals surface area (Å²) in [5.74, 6) is 3.05. The second-order valence-corrected chi connectivity index (χ2v) is 8.44. The summed E-state index contributed by atoms with van der Waals surface area (Å²) >= 11 is 0. The van der Waals surface area contributed by atoms with Gasteiger partial charge in [0.2, 0.25) is 11.8 Å². The molecule has 1 aromatic rings. The summed E-state index contributed by atoms with van der Waals surface area (Å²) in [5, 5.41) is 12.9. The molecule has 2 amide bonds. The molecule has 3 saturated carbocycles. The quantitative estimate of drug-likeness (QED) is 0.674. The van der Waals surface area contributed by atoms with E-state index in [0.717, 1.165) is 23.1 Å². The van der Waals surface area contributed by atoms with Gasteiger partial charge in [0.05, 0.1) is 17.9 Å². The van der Waals surface area contributed by atoms with E-state index in [-0.39, 0.29) is 24.2 Å². The molecule has 0 heterocycles. The lowest BCUT2D eigenvalue weighted by molar-refractivity contribution is -0.123. The number of carbonyl (C=O) groups excluding carboxylic acids is 2. The van der Waals surface area contributed by atoms with Gasteiger partial charge in [-0.05, 0) is 81.6 Å². The molecular formula is C21H29N3O4. The summed E-state index contributed by atoms with van der Waals surface area (Å²) < 4.78 is 0. The van der Waals surface area contributed by atoms with Crippen molar-refractivity contribution in [3.63, 3.8) is 0 Å². The van der Waals surface area contributed by atoms with Gasteiger partial charge in [-0.15, -0.1) is 0 Å². The van der Waals surface area contributed by atoms with E-state index in [2.05, 4.69) is 10.6 Å². The maximum atomic E-state index is 12.8. The normalized spacial score (nSPS) is 28.8. The van der Waals surface area contributed by atoms with Crippen LogP contribution >= 0.6 is 0 Å². The van der Waals surface area contributed by atoms with Crippen molar-refractivity contribution < 1.29 is 19.5 Å². The zero-order valence-corrected chi connectivity index (χ0v) is 16.6. The van der Waals surface area contributed by atoms with Gasteiger partial charge in [-0.2, -0.15) is 0 Å². The van der Waals surface area contributed by atoms with Crippen molar-refractivity contribution in [3.8, 4) is 0 Å². The van der Waals surface area contributed by atoms with Gasteiger partial charge in [0.1, 0.15) is 0 Å². The highest BCUT2D eigenvalue weighted by molar-refractivity contribution is 6.02. The van der Waals surface area contributed by atoms with Crippen molar-refractivity contribution in [3.05, 3.63) is 23.8 Å². The first-order valence-electron chi connectivity index (χ1n) is 9.79. The molecule has 0 aromatic heterocycles. The van der Waals surface area contributed by atoms with Crippen LogP contribution in [0.2, 0.25) is 0 Å². The van der Waals surface area contributed by atoms with Gasteiger partial charge in [0.25, 0.3) is 6.47 Å². The molecule has 1 aromatic carbocycles. The van der Waals surface area contributed by atoms with E-state index < -0.39 is 0 Å². The number of aryl methyl sites for hydroxylation is 1. The summed E-state index contributed by atoms with van der Waals surface area (Å²) in [7, 11) is 3.72. The minimum absolute atomic E-state index is 0.0781. The molecule has 0 saturated heterocycles. The third-order valence-corrected chi connectivity index (χ3v) is 6.20. The van der Waals surface area contributed by atoms with Crippen LogP contribution in [0.3, 0.4) is 0 Å². The van der Waals surface area contributed by atoms with Gasteiger partial charge < -0.3 is 20.6 Å². The van der Waals surface area contributed by atoms with E-state index in [1.54, 1.807) is 0 Å². The lowest BCUT2D eigenvalue weighted by Crippen LogP contribution is -2.28. The van der Waals surface area contributed by atoms with Crippen molar-refractivity contribution in [2.45, 2.75) is 26.2 Å². The Morgan fingerprint density at radius 3 is 2.32 bits per heavy atom. The number of hydrogen-bond donors (Lipinski definition) is 3. The van der Waals surface area contributed by atoms with Gasteiger partial charge >= 0.3 is 0 Å². The average molecular weight is 387 g/mol. The third kappa shape index (κ3) is 4.19. The van der Waals surface area contributed by atoms with Gasteiger partial charge in [-0.1, -0.05) is 6.07 Å². The molecule has 3 aliphatic carbocycles. The van der Waals surface area contributed by atoms with E-state index in [1.807, 2.05) is 44.1 Å². The molecule has 28 heavy (non-hydrogen) atoms. The number of fused-ring (bicyclic) bond motifs is 5. The number of hydrogen-bond acceptors (Lipinski definition) is 4. The molecule has 7 heteroatoms. The average Bonchev–Trinajstić information content (AvgIpc) is 3.05. The third-order valence-electron chi connectivity index (χ3n) is 6.20. The minimum atomic E-state index is -0.250. The number of amides is 2. The molecule has 4 rings (SSSR count). The maximum absolute atomic E-state index is 12.8. The van der Waals surface area contributed by atoms with Crippen LogP contribution in [0.15, 0.2) is 18.2 Å². The first-order chi connectivity index (χ1) is 13.3. The van der Waals surface area contributed by atoms with Crippen LogP contribution < -0.4 is 10.6 Å². The smallest absolute Gasteiger partial charge is 0.290 e. The molecule has 0 spiro atoms. The number of nitrogens with zero attached hydrogens (tertiary/aromatic N) is 1. The molecule has 152 valence electrons. The van der Waals surface area contributed by atoms with Crippen molar-refractivity contribution in [1.29, 1.82) is 0 Å². The summed E-state index contributed by atoms with van der Waals surface area (Å²) in [6.07, 6.45) is 3.97. The van der Waals surface area contributed by atoms with E-state index in [9.17, 15) is 9.59 Å². The van der Waals surface area contributed by atoms with Gasteiger partial charge in [0.15, 0.2) is 0 Å². The zero-order chi connectivity index (χ0) is 20.4. The molecular weight excluding hydrogens is 358 g/mol. The number of rotatable bonds is 5. The predicted molar refractivity (Wildman–Crippen MR) is 107 cm³/mol. The summed E-state index contributed by atoms with van der Waals surface area (Å²) in [4.78, 5) is 35.1. The fourth-order valence-electron chi connectivity index (χ4n) is 5.24. The Labute approximate surface area is 165 Å². The van der Waals surface area contributed by atoms with Crippen molar-refractivity contribution >= 4 is 29.7 Å². The molecule has 3 fully saturated rings. The molecule has 1 unspecified atom stereocenters. The molecule has 2 bridgehead atoms. The van der Waals surface area contributed by atoms with E-state index in [0.29, 0.717) is 24.1 Å². The second-order valence-electron chi connectivity index (χ2n) is 8.44. The SMILES string of the molecule is Cc1ccc(NC(=O)CN(C)C)c(NC(=O)C2[C@@H]3[C@H]4CC[C@H](C4)[C@H]23)c1.O=CO. The van der Waals surface area contributed by atoms with Gasteiger partial charge in [-0.3, -0.25) is 14.4 Å². The molecule has 0 aliphatic heterocycles. The van der Waals surface area contributed by atoms with Crippen molar-refractivity contribution in [2.24, 2.45) is 29.6 Å². The highest BCUT2D eigenvalue weighted by atomic mass is 16.3. The predicted octanol–water partition coefficient (Wildman–Crippen LogP) is 2.43. The highest BCUT2D eigenvalue weighted by Crippen LogP contribution is 2.69. The maximum Gasteiger partial charge on any atom is 0.290 e. The molecule has 7 nitrogen and oxygen atoms in total. The van der Waals surface area contributed by atoms with Crippen LogP contribution in [0.4, 0.5) is 11.4 Å². The van der Waals surface area contributed by atoms with Crippen LogP contribution in [0.5, 0.6) is 0 Å². The Kier molecular flexibility index (Phi) is 6.03. The fourth-order valence-corrected chi connectivity index (χ4v) is 5.24. The standard InChI is InChI=1S/C20H27N3O2.CH2O2/c1-11-4-7-14(21-16(24)10-23(2)3)15(8-11)22-20(25)19-17-12-5-6-13(9-12)18(17)19;2-1-3/h4,7-8,12-13,17-19H,5-6,9-10H2,1-3H3,(H,21,24)(H,22,25);1H,(H,2,3)/t12-,13+,17+,18-,19?;. The largest absolute Gasteiger partial charge is 0.483 e. The molecule has 0 radical (unpaired) electrons. The molecule has 3 N–H and O–H groups in total. The zero-order valence-electron chi connectivity index (χ0n) is 16.6. The molecule has 3 aliphatic rings. The highest BCUT2D eigenvalue weighted by Gasteiger charge is 2.67. The van der Waals surface area contributed by atoms with E-state index in [4.69, 9.17) is 9.90 Å². The first kappa shape index (κ1) is 20.3. The Hall–Kier alpha value is -2.41. The Balaban J connectivity index is 0.000000706. The Morgan fingerprint density at radius 2 is 1.75 bits per heavy atom. The van der Waals surface area contributed by atoms with Crippen LogP contribution in [0.1, 0.15) is 24.8 Å². The Bertz CT molecular complexity index is 748. The number of benzene rings is 1. The Morgan fingerprint density at radius 1 is 1.14 bits per heavy atom. The van der Waals surface area contributed by atoms with Crippen LogP contribution in [-0.2, 0) is 14.4 Å². The fraction of sp³-hybridized carbons (Fsp3) is 0.571. The second kappa shape index (κ2) is 8.31. The van der Waals surface area contributed by atoms with Crippen molar-refractivity contribution in [2.75, 3.05) is 31.3 Å². The number of likely N-dealkylation sites (N-methyl/N-ethyl adjacent to an activating group) is 1. The van der Waals surface area contributed by atoms with Crippen molar-refractivity contribution in [1.82, 2.24) is 4.90 Å². The summed E-state index contributed by atoms with van der Waals surface area (Å²) in [5.41, 5.74) is 2.46. The van der Waals surface area contributed by atoms with E-state index >= 15 is 0 Å².